The topological polar surface area (TPSA) is 59.8 Å². The first-order chi connectivity index (χ1) is 11.1. The Labute approximate surface area is 142 Å². The number of fused-ring (bicyclic) bond motifs is 1. The number of halogens is 1. The molecule has 0 bridgehead atoms. The van der Waals surface area contributed by atoms with Gasteiger partial charge in [-0.1, -0.05) is 34.1 Å². The number of nitrogens with zero attached hydrogens (tertiary/aromatic N) is 3. The summed E-state index contributed by atoms with van der Waals surface area (Å²) in [5.41, 5.74) is 2.44. The van der Waals surface area contributed by atoms with Crippen LogP contribution in [0.25, 0.3) is 11.0 Å². The van der Waals surface area contributed by atoms with E-state index >= 15 is 0 Å². The lowest BCUT2D eigenvalue weighted by atomic mass is 10.2. The minimum atomic E-state index is -0.132. The average Bonchev–Trinajstić information content (AvgIpc) is 2.54. The van der Waals surface area contributed by atoms with E-state index in [2.05, 4.69) is 31.2 Å². The molecule has 0 aliphatic heterocycles. The summed E-state index contributed by atoms with van der Waals surface area (Å²) in [5.74, 6) is 0.355. The number of hydrogen-bond acceptors (Lipinski definition) is 4. The van der Waals surface area contributed by atoms with Crippen LogP contribution in [0.1, 0.15) is 25.5 Å². The predicted molar refractivity (Wildman–Crippen MR) is 95.7 cm³/mol. The molecule has 0 unspecified atom stereocenters. The Bertz CT molecular complexity index is 904. The zero-order valence-corrected chi connectivity index (χ0v) is 14.5. The van der Waals surface area contributed by atoms with E-state index in [-0.39, 0.29) is 11.6 Å². The number of nitrogens with one attached hydrogen (secondary N) is 1. The lowest BCUT2D eigenvalue weighted by Crippen LogP contribution is -2.27. The Morgan fingerprint density at radius 1 is 1.26 bits per heavy atom. The summed E-state index contributed by atoms with van der Waals surface area (Å²) in [7, 11) is 0. The summed E-state index contributed by atoms with van der Waals surface area (Å²) in [6.07, 6.45) is 3.36. The Hall–Kier alpha value is -2.21. The van der Waals surface area contributed by atoms with E-state index in [4.69, 9.17) is 0 Å². The molecule has 0 aliphatic carbocycles. The third-order valence-corrected chi connectivity index (χ3v) is 4.39. The van der Waals surface area contributed by atoms with Gasteiger partial charge in [-0.3, -0.25) is 14.3 Å². The maximum atomic E-state index is 12.7. The van der Waals surface area contributed by atoms with Gasteiger partial charge in [-0.2, -0.15) is 0 Å². The molecule has 0 radical (unpaired) electrons. The van der Waals surface area contributed by atoms with Crippen LogP contribution < -0.4 is 10.9 Å². The van der Waals surface area contributed by atoms with Gasteiger partial charge in [0, 0.05) is 23.3 Å². The standard InChI is InChI=1S/C17H17BrN4O/c1-11(2)22-15-10-19-8-7-14(15)21-16(17(22)23)20-9-12-5-3-4-6-13(12)18/h3-8,10-11H,9H2,1-2H3,(H,20,21). The van der Waals surface area contributed by atoms with Gasteiger partial charge in [-0.15, -0.1) is 0 Å². The molecule has 0 saturated heterocycles. The van der Waals surface area contributed by atoms with Gasteiger partial charge in [0.05, 0.1) is 17.2 Å². The molecule has 1 N–H and O–H groups in total. The predicted octanol–water partition coefficient (Wildman–Crippen LogP) is 3.75. The summed E-state index contributed by atoms with van der Waals surface area (Å²) < 4.78 is 2.72. The number of pyridine rings is 1. The monoisotopic (exact) mass is 372 g/mol. The molecule has 0 amide bonds. The summed E-state index contributed by atoms with van der Waals surface area (Å²) in [6, 6.07) is 9.75. The summed E-state index contributed by atoms with van der Waals surface area (Å²) >= 11 is 3.51. The Balaban J connectivity index is 2.03. The van der Waals surface area contributed by atoms with E-state index in [1.165, 1.54) is 0 Å². The van der Waals surface area contributed by atoms with E-state index in [1.807, 2.05) is 44.2 Å². The molecule has 5 nitrogen and oxygen atoms in total. The van der Waals surface area contributed by atoms with E-state index in [1.54, 1.807) is 17.0 Å². The normalized spacial score (nSPS) is 11.1. The van der Waals surface area contributed by atoms with Crippen molar-refractivity contribution >= 4 is 32.8 Å². The molecule has 0 fully saturated rings. The number of benzene rings is 1. The van der Waals surface area contributed by atoms with Crippen molar-refractivity contribution in [1.82, 2.24) is 14.5 Å². The molecule has 0 atom stereocenters. The van der Waals surface area contributed by atoms with Crippen molar-refractivity contribution in [2.24, 2.45) is 0 Å². The highest BCUT2D eigenvalue weighted by molar-refractivity contribution is 9.10. The Morgan fingerprint density at radius 3 is 2.78 bits per heavy atom. The third kappa shape index (κ3) is 3.12. The summed E-state index contributed by atoms with van der Waals surface area (Å²) in [5, 5.41) is 3.16. The Morgan fingerprint density at radius 2 is 2.04 bits per heavy atom. The number of hydrogen-bond donors (Lipinski definition) is 1. The van der Waals surface area contributed by atoms with Gasteiger partial charge in [-0.25, -0.2) is 4.98 Å². The summed E-state index contributed by atoms with van der Waals surface area (Å²) in [4.78, 5) is 21.3. The molecular weight excluding hydrogens is 356 g/mol. The van der Waals surface area contributed by atoms with Crippen molar-refractivity contribution in [2.75, 3.05) is 5.32 Å². The van der Waals surface area contributed by atoms with Crippen LogP contribution in [0.3, 0.4) is 0 Å². The van der Waals surface area contributed by atoms with Crippen molar-refractivity contribution < 1.29 is 0 Å². The second-order valence-electron chi connectivity index (χ2n) is 5.54. The molecular formula is C17H17BrN4O. The fourth-order valence-electron chi connectivity index (χ4n) is 2.50. The molecule has 2 heterocycles. The molecule has 118 valence electrons. The molecule has 1 aromatic carbocycles. The molecule has 2 aromatic heterocycles. The number of aromatic nitrogens is 3. The maximum Gasteiger partial charge on any atom is 0.294 e. The molecule has 0 spiro atoms. The van der Waals surface area contributed by atoms with Crippen LogP contribution in [0.15, 0.2) is 52.0 Å². The number of rotatable bonds is 4. The van der Waals surface area contributed by atoms with Gasteiger partial charge in [-0.05, 0) is 31.5 Å². The van der Waals surface area contributed by atoms with Crippen molar-refractivity contribution in [3.63, 3.8) is 0 Å². The van der Waals surface area contributed by atoms with Gasteiger partial charge >= 0.3 is 0 Å². The smallest absolute Gasteiger partial charge is 0.294 e. The molecule has 23 heavy (non-hydrogen) atoms. The highest BCUT2D eigenvalue weighted by Gasteiger charge is 2.13. The Kier molecular flexibility index (Phi) is 4.43. The van der Waals surface area contributed by atoms with Gasteiger partial charge in [0.2, 0.25) is 0 Å². The third-order valence-electron chi connectivity index (χ3n) is 3.61. The first-order valence-corrected chi connectivity index (χ1v) is 8.20. The van der Waals surface area contributed by atoms with Crippen LogP contribution in [0.5, 0.6) is 0 Å². The second kappa shape index (κ2) is 6.50. The van der Waals surface area contributed by atoms with Crippen LogP contribution in [-0.2, 0) is 6.54 Å². The SMILES string of the molecule is CC(C)n1c(=O)c(NCc2ccccc2Br)nc2ccncc21. The largest absolute Gasteiger partial charge is 0.361 e. The van der Waals surface area contributed by atoms with Crippen molar-refractivity contribution in [2.45, 2.75) is 26.4 Å². The van der Waals surface area contributed by atoms with Gasteiger partial charge in [0.1, 0.15) is 0 Å². The van der Waals surface area contributed by atoms with Crippen molar-refractivity contribution in [3.05, 3.63) is 63.1 Å². The van der Waals surface area contributed by atoms with Gasteiger partial charge in [0.15, 0.2) is 5.82 Å². The molecule has 6 heteroatoms. The summed E-state index contributed by atoms with van der Waals surface area (Å²) in [6.45, 7) is 4.48. The molecule has 3 rings (SSSR count). The minimum absolute atomic E-state index is 0.0289. The fourth-order valence-corrected chi connectivity index (χ4v) is 2.92. The van der Waals surface area contributed by atoms with E-state index in [0.717, 1.165) is 21.1 Å². The maximum absolute atomic E-state index is 12.7. The van der Waals surface area contributed by atoms with E-state index < -0.39 is 0 Å². The van der Waals surface area contributed by atoms with Crippen LogP contribution in [0.2, 0.25) is 0 Å². The van der Waals surface area contributed by atoms with Crippen molar-refractivity contribution in [3.8, 4) is 0 Å². The second-order valence-corrected chi connectivity index (χ2v) is 6.39. The quantitative estimate of drug-likeness (QED) is 0.757. The fraction of sp³-hybridized carbons (Fsp3) is 0.235. The molecule has 0 saturated carbocycles. The van der Waals surface area contributed by atoms with Gasteiger partial charge in [0.25, 0.3) is 5.56 Å². The van der Waals surface area contributed by atoms with E-state index in [0.29, 0.717) is 12.4 Å². The highest BCUT2D eigenvalue weighted by Crippen LogP contribution is 2.18. The van der Waals surface area contributed by atoms with Crippen LogP contribution in [-0.4, -0.2) is 14.5 Å². The first kappa shape index (κ1) is 15.7. The van der Waals surface area contributed by atoms with Gasteiger partial charge < -0.3 is 5.32 Å². The minimum Gasteiger partial charge on any atom is -0.361 e. The molecule has 0 aliphatic rings. The highest BCUT2D eigenvalue weighted by atomic mass is 79.9. The lowest BCUT2D eigenvalue weighted by molar-refractivity contribution is 0.598. The van der Waals surface area contributed by atoms with Crippen LogP contribution >= 0.6 is 15.9 Å². The average molecular weight is 373 g/mol. The molecule has 3 aromatic rings. The van der Waals surface area contributed by atoms with Crippen molar-refractivity contribution in [1.29, 1.82) is 0 Å². The first-order valence-electron chi connectivity index (χ1n) is 7.41. The zero-order valence-electron chi connectivity index (χ0n) is 13.0. The zero-order chi connectivity index (χ0) is 16.4. The van der Waals surface area contributed by atoms with Crippen LogP contribution in [0, 0.1) is 0 Å². The van der Waals surface area contributed by atoms with E-state index in [9.17, 15) is 4.79 Å². The lowest BCUT2D eigenvalue weighted by Gasteiger charge is -2.15. The number of anilines is 1. The van der Waals surface area contributed by atoms with Crippen LogP contribution in [0.4, 0.5) is 5.82 Å².